The number of hydrogen-bond acceptors (Lipinski definition) is 4. The third kappa shape index (κ3) is 4.67. The molecule has 5 heteroatoms. The fraction of sp³-hybridized carbons (Fsp3) is 0.182. The van der Waals surface area contributed by atoms with E-state index >= 15 is 0 Å². The van der Waals surface area contributed by atoms with Crippen molar-refractivity contribution in [2.75, 3.05) is 0 Å². The summed E-state index contributed by atoms with van der Waals surface area (Å²) in [5.41, 5.74) is 3.37. The van der Waals surface area contributed by atoms with Crippen molar-refractivity contribution < 1.29 is 21.7 Å². The van der Waals surface area contributed by atoms with Gasteiger partial charge in [0, 0.05) is 23.0 Å². The van der Waals surface area contributed by atoms with Gasteiger partial charge in [0.15, 0.2) is 0 Å². The smallest absolute Gasteiger partial charge is 0.780 e. The number of phosphoric acid groups is 1. The van der Waals surface area contributed by atoms with Crippen molar-refractivity contribution in [3.05, 3.63) is 101 Å². The van der Waals surface area contributed by atoms with Gasteiger partial charge in [0.2, 0.25) is 0 Å². The molecule has 0 saturated carbocycles. The molecule has 0 aromatic heterocycles. The van der Waals surface area contributed by atoms with E-state index in [-0.39, 0.29) is 20.4 Å². The molecule has 2 atom stereocenters. The molecule has 0 N–H and O–H groups in total. The van der Waals surface area contributed by atoms with Crippen LogP contribution >= 0.6 is 7.82 Å². The summed E-state index contributed by atoms with van der Waals surface area (Å²) < 4.78 is 16.5. The summed E-state index contributed by atoms with van der Waals surface area (Å²) in [5.74, 6) is -0.120. The van der Waals surface area contributed by atoms with Crippen molar-refractivity contribution in [1.82, 2.24) is 0 Å². The SMILES string of the molecule is CC(c1ccccc1)c1cccc(C(C)c2ccccc2)c1OP(=O)([O-])[O-].[H+].[H+]. The lowest BCUT2D eigenvalue weighted by Gasteiger charge is -2.33. The first-order valence-electron chi connectivity index (χ1n) is 8.81. The summed E-state index contributed by atoms with van der Waals surface area (Å²) >= 11 is 0. The highest BCUT2D eigenvalue weighted by atomic mass is 31.2. The standard InChI is InChI=1S/C22H23O4P/c1-16(18-10-5-3-6-11-18)20-14-9-15-21(22(20)26-27(23,24)25)17(2)19-12-7-4-8-13-19/h3-17H,1-2H3,(H2,23,24,25). The maximum atomic E-state index is 11.5. The fourth-order valence-corrected chi connectivity index (χ4v) is 3.75. The molecule has 2 unspecified atom stereocenters. The van der Waals surface area contributed by atoms with Crippen molar-refractivity contribution in [2.24, 2.45) is 0 Å². The molecule has 3 rings (SSSR count). The van der Waals surface area contributed by atoms with Crippen LogP contribution in [0.3, 0.4) is 0 Å². The Morgan fingerprint density at radius 1 is 0.741 bits per heavy atom. The number of benzene rings is 3. The first-order chi connectivity index (χ1) is 12.9. The summed E-state index contributed by atoms with van der Waals surface area (Å²) in [4.78, 5) is 22.9. The molecule has 0 fully saturated rings. The molecule has 0 aliphatic rings. The molecule has 3 aromatic carbocycles. The highest BCUT2D eigenvalue weighted by Crippen LogP contribution is 2.43. The van der Waals surface area contributed by atoms with E-state index < -0.39 is 7.82 Å². The first-order valence-corrected chi connectivity index (χ1v) is 10.3. The van der Waals surface area contributed by atoms with E-state index in [4.69, 9.17) is 4.52 Å². The van der Waals surface area contributed by atoms with Gasteiger partial charge in [-0.2, -0.15) is 0 Å². The Hall–Kier alpha value is -2.39. The minimum Gasteiger partial charge on any atom is -0.780 e. The normalized spacial score (nSPS) is 13.8. The van der Waals surface area contributed by atoms with Crippen molar-refractivity contribution in [1.29, 1.82) is 0 Å². The zero-order valence-corrected chi connectivity index (χ0v) is 16.1. The van der Waals surface area contributed by atoms with Crippen LogP contribution in [0.1, 0.15) is 50.8 Å². The van der Waals surface area contributed by atoms with Gasteiger partial charge in [-0.15, -0.1) is 0 Å². The number of para-hydroxylation sites is 1. The molecular weight excluding hydrogens is 359 g/mol. The van der Waals surface area contributed by atoms with Crippen LogP contribution in [-0.4, -0.2) is 0 Å². The Labute approximate surface area is 162 Å². The summed E-state index contributed by atoms with van der Waals surface area (Å²) in [7, 11) is -5.20. The Morgan fingerprint density at radius 2 is 1.15 bits per heavy atom. The Balaban J connectivity index is 0.00000210. The lowest BCUT2D eigenvalue weighted by Crippen LogP contribution is -2.20. The van der Waals surface area contributed by atoms with Gasteiger partial charge in [0.25, 0.3) is 0 Å². The van der Waals surface area contributed by atoms with Gasteiger partial charge < -0.3 is 18.9 Å². The molecule has 0 heterocycles. The van der Waals surface area contributed by atoms with Crippen molar-refractivity contribution in [3.63, 3.8) is 0 Å². The van der Waals surface area contributed by atoms with Crippen LogP contribution in [0.25, 0.3) is 0 Å². The van der Waals surface area contributed by atoms with Gasteiger partial charge in [-0.1, -0.05) is 92.7 Å². The maximum absolute atomic E-state index is 11.5. The van der Waals surface area contributed by atoms with Crippen LogP contribution in [-0.2, 0) is 4.57 Å². The molecular formula is C22H23O4P. The quantitative estimate of drug-likeness (QED) is 0.592. The van der Waals surface area contributed by atoms with E-state index in [2.05, 4.69) is 0 Å². The van der Waals surface area contributed by atoms with E-state index in [0.29, 0.717) is 11.1 Å². The maximum Gasteiger partial charge on any atom is 1.00 e. The molecule has 4 nitrogen and oxygen atoms in total. The van der Waals surface area contributed by atoms with Crippen molar-refractivity contribution in [3.8, 4) is 5.75 Å². The number of phosphoric ester groups is 1. The molecule has 0 spiro atoms. The van der Waals surface area contributed by atoms with Crippen LogP contribution < -0.4 is 14.3 Å². The number of rotatable bonds is 6. The van der Waals surface area contributed by atoms with Gasteiger partial charge in [-0.25, -0.2) is 0 Å². The zero-order valence-electron chi connectivity index (χ0n) is 17.2. The van der Waals surface area contributed by atoms with Gasteiger partial charge in [0.05, 0.1) is 0 Å². The molecule has 0 bridgehead atoms. The molecule has 27 heavy (non-hydrogen) atoms. The number of hydrogen-bond donors (Lipinski definition) is 0. The monoisotopic (exact) mass is 382 g/mol. The zero-order chi connectivity index (χ0) is 19.4. The molecule has 0 amide bonds. The molecule has 0 aliphatic heterocycles. The molecule has 0 saturated heterocycles. The third-order valence-electron chi connectivity index (χ3n) is 4.81. The van der Waals surface area contributed by atoms with Gasteiger partial charge in [-0.05, 0) is 11.1 Å². The Morgan fingerprint density at radius 3 is 1.52 bits per heavy atom. The lowest BCUT2D eigenvalue weighted by molar-refractivity contribution is -0.333. The minimum atomic E-state index is -5.20. The van der Waals surface area contributed by atoms with Crippen molar-refractivity contribution >= 4 is 7.82 Å². The molecule has 0 radical (unpaired) electrons. The van der Waals surface area contributed by atoms with Crippen molar-refractivity contribution in [2.45, 2.75) is 25.7 Å². The van der Waals surface area contributed by atoms with Crippen LogP contribution in [0.4, 0.5) is 0 Å². The highest BCUT2D eigenvalue weighted by molar-refractivity contribution is 7.43. The van der Waals surface area contributed by atoms with Crippen LogP contribution in [0, 0.1) is 0 Å². The van der Waals surface area contributed by atoms with Gasteiger partial charge >= 0.3 is 2.85 Å². The second-order valence-electron chi connectivity index (χ2n) is 6.57. The van der Waals surface area contributed by atoms with E-state index in [1.165, 1.54) is 0 Å². The summed E-state index contributed by atoms with van der Waals surface area (Å²) in [6, 6.07) is 24.9. The predicted molar refractivity (Wildman–Crippen MR) is 105 cm³/mol. The fourth-order valence-electron chi connectivity index (χ4n) is 3.32. The van der Waals surface area contributed by atoms with Crippen LogP contribution in [0.5, 0.6) is 5.75 Å². The Bertz CT molecular complexity index is 882. The first kappa shape index (κ1) is 19.4. The second-order valence-corrected chi connectivity index (χ2v) is 7.65. The van der Waals surface area contributed by atoms with E-state index in [9.17, 15) is 14.4 Å². The van der Waals surface area contributed by atoms with Crippen LogP contribution in [0.2, 0.25) is 0 Å². The third-order valence-corrected chi connectivity index (χ3v) is 5.22. The molecule has 140 valence electrons. The van der Waals surface area contributed by atoms with E-state index in [1.807, 2.05) is 92.7 Å². The second kappa shape index (κ2) is 8.10. The average Bonchev–Trinajstić information content (AvgIpc) is 2.67. The van der Waals surface area contributed by atoms with Gasteiger partial charge in [-0.3, -0.25) is 0 Å². The predicted octanol–water partition coefficient (Wildman–Crippen LogP) is 4.42. The minimum absolute atomic E-state index is 0. The molecule has 3 aromatic rings. The highest BCUT2D eigenvalue weighted by Gasteiger charge is 2.21. The van der Waals surface area contributed by atoms with E-state index in [1.54, 1.807) is 0 Å². The summed E-state index contributed by atoms with van der Waals surface area (Å²) in [6.45, 7) is 3.93. The van der Waals surface area contributed by atoms with Gasteiger partial charge in [0.1, 0.15) is 13.6 Å². The summed E-state index contributed by atoms with van der Waals surface area (Å²) in [5, 5.41) is 0. The molecule has 0 aliphatic carbocycles. The Kier molecular flexibility index (Phi) is 5.81. The summed E-state index contributed by atoms with van der Waals surface area (Å²) in [6.07, 6.45) is 0. The van der Waals surface area contributed by atoms with E-state index in [0.717, 1.165) is 11.1 Å². The largest absolute Gasteiger partial charge is 1.00 e. The topological polar surface area (TPSA) is 72.4 Å². The van der Waals surface area contributed by atoms with Crippen LogP contribution in [0.15, 0.2) is 78.9 Å². The lowest BCUT2D eigenvalue weighted by atomic mass is 9.86. The average molecular weight is 382 g/mol.